The zero-order valence-electron chi connectivity index (χ0n) is 16.1. The minimum Gasteiger partial charge on any atom is -0.296 e. The predicted octanol–water partition coefficient (Wildman–Crippen LogP) is 5.90. The highest BCUT2D eigenvalue weighted by Gasteiger charge is 2.16. The van der Waals surface area contributed by atoms with Gasteiger partial charge in [-0.15, -0.1) is 10.2 Å². The van der Waals surface area contributed by atoms with Crippen molar-refractivity contribution in [2.75, 3.05) is 5.32 Å². The van der Waals surface area contributed by atoms with Gasteiger partial charge in [0.1, 0.15) is 0 Å². The van der Waals surface area contributed by atoms with Gasteiger partial charge in [0.15, 0.2) is 4.34 Å². The Balaban J connectivity index is 1.66. The summed E-state index contributed by atoms with van der Waals surface area (Å²) in [6, 6.07) is 19.4. The topological polar surface area (TPSA) is 67.8 Å². The molecule has 0 saturated carbocycles. The molecule has 0 spiro atoms. The smallest absolute Gasteiger partial charge is 0.258 e. The van der Waals surface area contributed by atoms with Crippen LogP contribution in [0.1, 0.15) is 30.6 Å². The number of hydrogen-bond donors (Lipinski definition) is 1. The van der Waals surface area contributed by atoms with E-state index in [1.807, 2.05) is 60.7 Å². The first kappa shape index (κ1) is 19.5. The van der Waals surface area contributed by atoms with Gasteiger partial charge in [-0.05, 0) is 18.6 Å². The summed E-state index contributed by atoms with van der Waals surface area (Å²) >= 11 is 3.07. The molecule has 2 aromatic heterocycles. The van der Waals surface area contributed by atoms with Crippen molar-refractivity contribution in [2.24, 2.45) is 0 Å². The molecule has 0 bridgehead atoms. The molecule has 1 N–H and O–H groups in total. The molecule has 2 heterocycles. The first-order valence-electron chi connectivity index (χ1n) is 9.40. The molecule has 0 aliphatic rings. The van der Waals surface area contributed by atoms with Gasteiger partial charge < -0.3 is 0 Å². The Morgan fingerprint density at radius 1 is 1.10 bits per heavy atom. The van der Waals surface area contributed by atoms with E-state index in [0.717, 1.165) is 32.9 Å². The van der Waals surface area contributed by atoms with Crippen LogP contribution in [0.4, 0.5) is 5.13 Å². The molecule has 4 aromatic rings. The van der Waals surface area contributed by atoms with Crippen molar-refractivity contribution in [1.82, 2.24) is 15.2 Å². The molecule has 1 unspecified atom stereocenters. The Labute approximate surface area is 177 Å². The highest BCUT2D eigenvalue weighted by molar-refractivity contribution is 8.01. The van der Waals surface area contributed by atoms with E-state index in [-0.39, 0.29) is 5.91 Å². The number of fused-ring (bicyclic) bond motifs is 1. The van der Waals surface area contributed by atoms with Gasteiger partial charge in [0.25, 0.3) is 5.91 Å². The number of nitrogens with one attached hydrogen (secondary N) is 1. The van der Waals surface area contributed by atoms with Gasteiger partial charge in [0.05, 0.1) is 16.8 Å². The molecule has 2 aromatic carbocycles. The van der Waals surface area contributed by atoms with E-state index in [9.17, 15) is 4.79 Å². The fourth-order valence-corrected chi connectivity index (χ4v) is 4.84. The number of carbonyl (C=O) groups excluding carboxylic acids is 1. The largest absolute Gasteiger partial charge is 0.296 e. The number of anilines is 1. The number of para-hydroxylation sites is 1. The average molecular weight is 421 g/mol. The highest BCUT2D eigenvalue weighted by atomic mass is 32.2. The highest BCUT2D eigenvalue weighted by Crippen LogP contribution is 2.31. The van der Waals surface area contributed by atoms with Gasteiger partial charge in [-0.3, -0.25) is 10.1 Å². The van der Waals surface area contributed by atoms with Crippen molar-refractivity contribution >= 4 is 45.0 Å². The maximum absolute atomic E-state index is 13.1. The lowest BCUT2D eigenvalue weighted by molar-refractivity contribution is 0.102. The summed E-state index contributed by atoms with van der Waals surface area (Å²) in [5, 5.41) is 13.0. The molecule has 0 radical (unpaired) electrons. The lowest BCUT2D eigenvalue weighted by Gasteiger charge is -2.09. The molecule has 146 valence electrons. The van der Waals surface area contributed by atoms with Crippen molar-refractivity contribution in [3.63, 3.8) is 0 Å². The summed E-state index contributed by atoms with van der Waals surface area (Å²) in [5.74, 6) is -0.211. The van der Waals surface area contributed by atoms with Gasteiger partial charge in [-0.1, -0.05) is 85.5 Å². The monoisotopic (exact) mass is 420 g/mol. The summed E-state index contributed by atoms with van der Waals surface area (Å²) in [4.78, 5) is 17.8. The third-order valence-corrected chi connectivity index (χ3v) is 6.73. The number of nitrogens with zero attached hydrogens (tertiary/aromatic N) is 3. The number of benzene rings is 2. The third-order valence-electron chi connectivity index (χ3n) is 4.53. The summed E-state index contributed by atoms with van der Waals surface area (Å²) in [6.45, 7) is 4.29. The van der Waals surface area contributed by atoms with Crippen LogP contribution in [-0.2, 0) is 0 Å². The van der Waals surface area contributed by atoms with E-state index in [0.29, 0.717) is 15.9 Å². The molecule has 1 atom stereocenters. The van der Waals surface area contributed by atoms with Crippen molar-refractivity contribution in [3.8, 4) is 11.3 Å². The van der Waals surface area contributed by atoms with Crippen LogP contribution in [-0.4, -0.2) is 26.3 Å². The van der Waals surface area contributed by atoms with Crippen LogP contribution < -0.4 is 5.32 Å². The van der Waals surface area contributed by atoms with Crippen LogP contribution in [0.15, 0.2) is 65.0 Å². The molecular weight excluding hydrogens is 400 g/mol. The lowest BCUT2D eigenvalue weighted by Crippen LogP contribution is -2.13. The summed E-state index contributed by atoms with van der Waals surface area (Å²) in [5.41, 5.74) is 3.08. The number of carbonyl (C=O) groups is 1. The first-order chi connectivity index (χ1) is 14.1. The molecule has 0 saturated heterocycles. The third kappa shape index (κ3) is 4.46. The lowest BCUT2D eigenvalue weighted by atomic mass is 10.0. The fraction of sp³-hybridized carbons (Fsp3) is 0.182. The standard InChI is InChI=1S/C22H20N4OS2/c1-3-14(2)28-22-26-25-21(29-22)24-20(27)17-13-19(15-9-5-4-6-10-15)23-18-12-8-7-11-16(17)18/h4-14H,3H2,1-2H3,(H,24,25,27). The van der Waals surface area contributed by atoms with E-state index >= 15 is 0 Å². The fourth-order valence-electron chi connectivity index (χ4n) is 2.85. The van der Waals surface area contributed by atoms with Gasteiger partial charge in [0.2, 0.25) is 5.13 Å². The number of hydrogen-bond acceptors (Lipinski definition) is 6. The van der Waals surface area contributed by atoms with Crippen LogP contribution in [0.25, 0.3) is 22.2 Å². The molecule has 0 fully saturated rings. The molecule has 4 rings (SSSR count). The molecular formula is C22H20N4OS2. The van der Waals surface area contributed by atoms with Gasteiger partial charge in [-0.2, -0.15) is 0 Å². The van der Waals surface area contributed by atoms with Gasteiger partial charge in [0, 0.05) is 16.2 Å². The molecule has 0 aliphatic heterocycles. The number of thioether (sulfide) groups is 1. The van der Waals surface area contributed by atoms with E-state index in [1.54, 1.807) is 11.8 Å². The predicted molar refractivity (Wildman–Crippen MR) is 121 cm³/mol. The zero-order chi connectivity index (χ0) is 20.2. The molecule has 1 amide bonds. The van der Waals surface area contributed by atoms with E-state index in [2.05, 4.69) is 29.4 Å². The van der Waals surface area contributed by atoms with Crippen molar-refractivity contribution in [2.45, 2.75) is 29.9 Å². The minimum absolute atomic E-state index is 0.211. The van der Waals surface area contributed by atoms with E-state index in [1.165, 1.54) is 11.3 Å². The Morgan fingerprint density at radius 3 is 2.66 bits per heavy atom. The van der Waals surface area contributed by atoms with Crippen molar-refractivity contribution < 1.29 is 4.79 Å². The van der Waals surface area contributed by atoms with Gasteiger partial charge in [-0.25, -0.2) is 4.98 Å². The van der Waals surface area contributed by atoms with E-state index < -0.39 is 0 Å². The number of aromatic nitrogens is 3. The van der Waals surface area contributed by atoms with Crippen LogP contribution >= 0.6 is 23.1 Å². The van der Waals surface area contributed by atoms with Crippen LogP contribution in [0, 0.1) is 0 Å². The number of amides is 1. The Kier molecular flexibility index (Phi) is 5.87. The Hall–Kier alpha value is -2.77. The molecule has 7 heteroatoms. The van der Waals surface area contributed by atoms with Gasteiger partial charge >= 0.3 is 0 Å². The summed E-state index contributed by atoms with van der Waals surface area (Å²) < 4.78 is 0.860. The quantitative estimate of drug-likeness (QED) is 0.311. The zero-order valence-corrected chi connectivity index (χ0v) is 17.8. The maximum Gasteiger partial charge on any atom is 0.258 e. The average Bonchev–Trinajstić information content (AvgIpc) is 3.19. The van der Waals surface area contributed by atoms with Crippen LogP contribution in [0.3, 0.4) is 0 Å². The minimum atomic E-state index is -0.211. The first-order valence-corrected chi connectivity index (χ1v) is 11.1. The second kappa shape index (κ2) is 8.71. The summed E-state index contributed by atoms with van der Waals surface area (Å²) in [7, 11) is 0. The SMILES string of the molecule is CCC(C)Sc1nnc(NC(=O)c2cc(-c3ccccc3)nc3ccccc23)s1. The van der Waals surface area contributed by atoms with Crippen molar-refractivity contribution in [3.05, 3.63) is 66.2 Å². The van der Waals surface area contributed by atoms with Crippen molar-refractivity contribution in [1.29, 1.82) is 0 Å². The van der Waals surface area contributed by atoms with E-state index in [4.69, 9.17) is 4.98 Å². The molecule has 29 heavy (non-hydrogen) atoms. The number of pyridine rings is 1. The van der Waals surface area contributed by atoms with Crippen LogP contribution in [0.5, 0.6) is 0 Å². The Morgan fingerprint density at radius 2 is 1.86 bits per heavy atom. The summed E-state index contributed by atoms with van der Waals surface area (Å²) in [6.07, 6.45) is 1.05. The normalized spacial score (nSPS) is 12.1. The molecule has 0 aliphatic carbocycles. The number of rotatable bonds is 6. The van der Waals surface area contributed by atoms with Crippen LogP contribution in [0.2, 0.25) is 0 Å². The Bertz CT molecular complexity index is 1140. The molecule has 5 nitrogen and oxygen atoms in total. The maximum atomic E-state index is 13.1. The second-order valence-electron chi connectivity index (χ2n) is 6.60. The second-order valence-corrected chi connectivity index (χ2v) is 9.27.